The molecule has 1 heterocycles. The number of benzene rings is 1. The van der Waals surface area contributed by atoms with Gasteiger partial charge < -0.3 is 21.1 Å². The molecule has 0 aliphatic carbocycles. The molecule has 0 unspecified atom stereocenters. The summed E-state index contributed by atoms with van der Waals surface area (Å²) in [7, 11) is 0. The minimum atomic E-state index is 0. The molecule has 8 heteroatoms. The summed E-state index contributed by atoms with van der Waals surface area (Å²) >= 11 is 0. The number of nitrogens with one attached hydrogen (secondary N) is 2. The van der Waals surface area contributed by atoms with Gasteiger partial charge in [0.2, 0.25) is 5.91 Å². The summed E-state index contributed by atoms with van der Waals surface area (Å²) in [5, 5.41) is 6.09. The molecule has 1 saturated heterocycles. The van der Waals surface area contributed by atoms with E-state index in [9.17, 15) is 4.79 Å². The van der Waals surface area contributed by atoms with Crippen molar-refractivity contribution in [2.75, 3.05) is 44.7 Å². The van der Waals surface area contributed by atoms with Crippen LogP contribution in [0.3, 0.4) is 0 Å². The maximum absolute atomic E-state index is 12.2. The van der Waals surface area contributed by atoms with Gasteiger partial charge in [0.15, 0.2) is 5.96 Å². The van der Waals surface area contributed by atoms with E-state index in [4.69, 9.17) is 10.5 Å². The SMILES string of the molecule is CC(C)CCNC(N)=NCc1cccc(NC(=O)CCN2CCOCC2)c1.I. The highest BCUT2D eigenvalue weighted by Gasteiger charge is 2.12. The number of nitrogens with two attached hydrogens (primary N) is 1. The average Bonchev–Trinajstić information content (AvgIpc) is 2.66. The van der Waals surface area contributed by atoms with Crippen LogP contribution in [-0.4, -0.2) is 56.2 Å². The molecule has 158 valence electrons. The van der Waals surface area contributed by atoms with Gasteiger partial charge in [0, 0.05) is 38.3 Å². The number of morpholine rings is 1. The Morgan fingerprint density at radius 2 is 2.07 bits per heavy atom. The predicted molar refractivity (Wildman–Crippen MR) is 125 cm³/mol. The van der Waals surface area contributed by atoms with Crippen LogP contribution in [0.5, 0.6) is 0 Å². The van der Waals surface area contributed by atoms with Crippen molar-refractivity contribution in [1.29, 1.82) is 0 Å². The lowest BCUT2D eigenvalue weighted by atomic mass is 10.1. The first-order valence-corrected chi connectivity index (χ1v) is 9.75. The number of hydrogen-bond acceptors (Lipinski definition) is 4. The molecular weight excluding hydrogens is 469 g/mol. The lowest BCUT2D eigenvalue weighted by molar-refractivity contribution is -0.116. The van der Waals surface area contributed by atoms with Gasteiger partial charge in [-0.3, -0.25) is 9.69 Å². The molecular formula is C20H34IN5O2. The fraction of sp³-hybridized carbons (Fsp3) is 0.600. The largest absolute Gasteiger partial charge is 0.379 e. The van der Waals surface area contributed by atoms with Crippen LogP contribution in [0.4, 0.5) is 5.69 Å². The van der Waals surface area contributed by atoms with Crippen LogP contribution in [0, 0.1) is 5.92 Å². The molecule has 1 aromatic carbocycles. The quantitative estimate of drug-likeness (QED) is 0.274. The van der Waals surface area contributed by atoms with Gasteiger partial charge in [-0.15, -0.1) is 24.0 Å². The van der Waals surface area contributed by atoms with Gasteiger partial charge in [-0.2, -0.15) is 0 Å². The van der Waals surface area contributed by atoms with Crippen molar-refractivity contribution in [2.45, 2.75) is 33.2 Å². The van der Waals surface area contributed by atoms with Crippen molar-refractivity contribution >= 4 is 41.5 Å². The van der Waals surface area contributed by atoms with Crippen LogP contribution >= 0.6 is 24.0 Å². The third-order valence-electron chi connectivity index (χ3n) is 4.43. The summed E-state index contributed by atoms with van der Waals surface area (Å²) < 4.78 is 5.32. The van der Waals surface area contributed by atoms with E-state index >= 15 is 0 Å². The first kappa shape index (κ1) is 24.6. The topological polar surface area (TPSA) is 92.0 Å². The minimum Gasteiger partial charge on any atom is -0.379 e. The molecule has 1 aromatic rings. The number of anilines is 1. The molecule has 1 aliphatic rings. The van der Waals surface area contributed by atoms with Crippen LogP contribution in [-0.2, 0) is 16.1 Å². The van der Waals surface area contributed by atoms with Crippen molar-refractivity contribution in [3.05, 3.63) is 29.8 Å². The highest BCUT2D eigenvalue weighted by molar-refractivity contribution is 14.0. The molecule has 0 aromatic heterocycles. The second-order valence-corrected chi connectivity index (χ2v) is 7.26. The summed E-state index contributed by atoms with van der Waals surface area (Å²) in [4.78, 5) is 18.8. The molecule has 28 heavy (non-hydrogen) atoms. The van der Waals surface area contributed by atoms with E-state index in [0.29, 0.717) is 24.8 Å². The fourth-order valence-corrected chi connectivity index (χ4v) is 2.78. The maximum Gasteiger partial charge on any atom is 0.225 e. The monoisotopic (exact) mass is 503 g/mol. The number of carbonyl (C=O) groups excluding carboxylic acids is 1. The van der Waals surface area contributed by atoms with Gasteiger partial charge in [-0.25, -0.2) is 4.99 Å². The average molecular weight is 503 g/mol. The van der Waals surface area contributed by atoms with Crippen molar-refractivity contribution in [3.8, 4) is 0 Å². The number of rotatable bonds is 9. The van der Waals surface area contributed by atoms with Crippen molar-refractivity contribution < 1.29 is 9.53 Å². The molecule has 7 nitrogen and oxygen atoms in total. The standard InChI is InChI=1S/C20H33N5O2.HI/c1-16(2)6-8-22-20(21)23-15-17-4-3-5-18(14-17)24-19(26)7-9-25-10-12-27-13-11-25;/h3-5,14,16H,6-13,15H2,1-2H3,(H,24,26)(H3,21,22,23);1H. The summed E-state index contributed by atoms with van der Waals surface area (Å²) in [6.45, 7) is 9.72. The highest BCUT2D eigenvalue weighted by atomic mass is 127. The second-order valence-electron chi connectivity index (χ2n) is 7.26. The summed E-state index contributed by atoms with van der Waals surface area (Å²) in [6.07, 6.45) is 1.54. The Morgan fingerprint density at radius 3 is 2.79 bits per heavy atom. The predicted octanol–water partition coefficient (Wildman–Crippen LogP) is 2.42. The molecule has 1 amide bonds. The maximum atomic E-state index is 12.2. The number of guanidine groups is 1. The molecule has 0 saturated carbocycles. The zero-order valence-electron chi connectivity index (χ0n) is 16.9. The molecule has 0 radical (unpaired) electrons. The van der Waals surface area contributed by atoms with E-state index in [-0.39, 0.29) is 29.9 Å². The number of ether oxygens (including phenoxy) is 1. The molecule has 0 atom stereocenters. The zero-order valence-corrected chi connectivity index (χ0v) is 19.3. The van der Waals surface area contributed by atoms with Crippen molar-refractivity contribution in [1.82, 2.24) is 10.2 Å². The number of halogens is 1. The number of amides is 1. The number of nitrogens with zero attached hydrogens (tertiary/aromatic N) is 2. The third-order valence-corrected chi connectivity index (χ3v) is 4.43. The number of aliphatic imine (C=N–C) groups is 1. The second kappa shape index (κ2) is 13.7. The van der Waals surface area contributed by atoms with Gasteiger partial charge in [-0.1, -0.05) is 26.0 Å². The smallest absolute Gasteiger partial charge is 0.225 e. The van der Waals surface area contributed by atoms with Crippen LogP contribution in [0.1, 0.15) is 32.3 Å². The summed E-state index contributed by atoms with van der Waals surface area (Å²) in [6, 6.07) is 7.74. The first-order valence-electron chi connectivity index (χ1n) is 9.75. The minimum absolute atomic E-state index is 0. The highest BCUT2D eigenvalue weighted by Crippen LogP contribution is 2.12. The van der Waals surface area contributed by atoms with Gasteiger partial charge in [0.1, 0.15) is 0 Å². The van der Waals surface area contributed by atoms with Crippen LogP contribution in [0.2, 0.25) is 0 Å². The molecule has 1 fully saturated rings. The Labute approximate surface area is 185 Å². The molecule has 1 aliphatic heterocycles. The summed E-state index contributed by atoms with van der Waals surface area (Å²) in [5.74, 6) is 1.11. The van der Waals surface area contributed by atoms with E-state index in [2.05, 4.69) is 34.4 Å². The Bertz CT molecular complexity index is 618. The van der Waals surface area contributed by atoms with Gasteiger partial charge >= 0.3 is 0 Å². The van der Waals surface area contributed by atoms with E-state index in [0.717, 1.165) is 57.1 Å². The van der Waals surface area contributed by atoms with E-state index < -0.39 is 0 Å². The first-order chi connectivity index (χ1) is 13.0. The van der Waals surface area contributed by atoms with Crippen molar-refractivity contribution in [2.24, 2.45) is 16.6 Å². The zero-order chi connectivity index (χ0) is 19.5. The van der Waals surface area contributed by atoms with Crippen LogP contribution in [0.25, 0.3) is 0 Å². The van der Waals surface area contributed by atoms with Crippen LogP contribution in [0.15, 0.2) is 29.3 Å². The number of carbonyl (C=O) groups is 1. The Hall–Kier alpha value is -1.39. The van der Waals surface area contributed by atoms with E-state index in [1.54, 1.807) is 0 Å². The van der Waals surface area contributed by atoms with Gasteiger partial charge in [0.05, 0.1) is 19.8 Å². The molecule has 0 spiro atoms. The van der Waals surface area contributed by atoms with E-state index in [1.165, 1.54) is 0 Å². The van der Waals surface area contributed by atoms with Crippen LogP contribution < -0.4 is 16.4 Å². The lowest BCUT2D eigenvalue weighted by Crippen LogP contribution is -2.38. The molecule has 2 rings (SSSR count). The molecule has 0 bridgehead atoms. The Balaban J connectivity index is 0.00000392. The number of hydrogen-bond donors (Lipinski definition) is 3. The molecule has 4 N–H and O–H groups in total. The third kappa shape index (κ3) is 10.2. The van der Waals surface area contributed by atoms with Crippen molar-refractivity contribution in [3.63, 3.8) is 0 Å². The summed E-state index contributed by atoms with van der Waals surface area (Å²) in [5.41, 5.74) is 7.69. The Kier molecular flexibility index (Phi) is 12.1. The Morgan fingerprint density at radius 1 is 1.32 bits per heavy atom. The van der Waals surface area contributed by atoms with Gasteiger partial charge in [-0.05, 0) is 30.0 Å². The van der Waals surface area contributed by atoms with E-state index in [1.807, 2.05) is 24.3 Å². The van der Waals surface area contributed by atoms with Gasteiger partial charge in [0.25, 0.3) is 0 Å². The lowest BCUT2D eigenvalue weighted by Gasteiger charge is -2.26. The normalized spacial score (nSPS) is 15.2. The fourth-order valence-electron chi connectivity index (χ4n) is 2.78.